The molecular weight excluding hydrogens is 316 g/mol. The van der Waals surface area contributed by atoms with E-state index in [9.17, 15) is 20.4 Å². The Hall–Kier alpha value is -2.56. The third kappa shape index (κ3) is 2.64. The van der Waals surface area contributed by atoms with Gasteiger partial charge in [0.25, 0.3) is 0 Å². The SMILES string of the molecule is Oc1ccc2c(c1)C=CCC2(O)CC1(O)CC=Cc2cc(O)ccc21. The maximum absolute atomic E-state index is 11.3. The van der Waals surface area contributed by atoms with Gasteiger partial charge in [-0.25, -0.2) is 0 Å². The molecule has 0 radical (unpaired) electrons. The number of benzene rings is 2. The highest BCUT2D eigenvalue weighted by molar-refractivity contribution is 5.63. The van der Waals surface area contributed by atoms with E-state index < -0.39 is 11.2 Å². The first kappa shape index (κ1) is 15.9. The van der Waals surface area contributed by atoms with Crippen LogP contribution in [-0.4, -0.2) is 20.4 Å². The minimum Gasteiger partial charge on any atom is -0.508 e. The fourth-order valence-electron chi connectivity index (χ4n) is 4.02. The van der Waals surface area contributed by atoms with Gasteiger partial charge in [-0.05, 0) is 59.4 Å². The zero-order chi connectivity index (χ0) is 17.7. The standard InChI is InChI=1S/C21H20O4/c22-16-5-7-18-14(11-16)3-1-9-20(18,24)13-21(25)10-2-4-15-12-17(23)6-8-19(15)21/h1-8,11-12,22-25H,9-10,13H2. The summed E-state index contributed by atoms with van der Waals surface area (Å²) in [7, 11) is 0. The number of phenols is 2. The monoisotopic (exact) mass is 336 g/mol. The molecule has 25 heavy (non-hydrogen) atoms. The number of fused-ring (bicyclic) bond motifs is 2. The lowest BCUT2D eigenvalue weighted by Gasteiger charge is -2.41. The average molecular weight is 336 g/mol. The number of hydrogen-bond donors (Lipinski definition) is 4. The third-order valence-electron chi connectivity index (χ3n) is 5.16. The lowest BCUT2D eigenvalue weighted by molar-refractivity contribution is -0.0711. The summed E-state index contributed by atoms with van der Waals surface area (Å²) in [5, 5.41) is 42.1. The Labute approximate surface area is 146 Å². The first-order valence-electron chi connectivity index (χ1n) is 8.35. The predicted octanol–water partition coefficient (Wildman–Crippen LogP) is 3.40. The Morgan fingerprint density at radius 3 is 1.60 bits per heavy atom. The Kier molecular flexibility index (Phi) is 3.49. The third-order valence-corrected chi connectivity index (χ3v) is 5.16. The molecule has 0 aliphatic heterocycles. The highest BCUT2D eigenvalue weighted by Gasteiger charge is 2.43. The molecule has 2 aromatic rings. The molecule has 0 saturated carbocycles. The van der Waals surface area contributed by atoms with Crippen molar-refractivity contribution in [1.29, 1.82) is 0 Å². The maximum atomic E-state index is 11.3. The summed E-state index contributed by atoms with van der Waals surface area (Å²) in [4.78, 5) is 0. The highest BCUT2D eigenvalue weighted by atomic mass is 16.3. The topological polar surface area (TPSA) is 80.9 Å². The van der Waals surface area contributed by atoms with Crippen LogP contribution in [-0.2, 0) is 11.2 Å². The Balaban J connectivity index is 1.76. The van der Waals surface area contributed by atoms with Gasteiger partial charge >= 0.3 is 0 Å². The minimum atomic E-state index is -1.23. The van der Waals surface area contributed by atoms with E-state index in [0.717, 1.165) is 11.1 Å². The van der Waals surface area contributed by atoms with E-state index in [1.165, 1.54) is 0 Å². The second kappa shape index (κ2) is 5.48. The number of rotatable bonds is 2. The van der Waals surface area contributed by atoms with Gasteiger partial charge in [0, 0.05) is 6.42 Å². The van der Waals surface area contributed by atoms with Crippen molar-refractivity contribution in [1.82, 2.24) is 0 Å². The van der Waals surface area contributed by atoms with Crippen molar-refractivity contribution >= 4 is 12.2 Å². The lowest BCUT2D eigenvalue weighted by Crippen LogP contribution is -2.39. The molecule has 0 fully saturated rings. The summed E-state index contributed by atoms with van der Waals surface area (Å²) in [6.07, 6.45) is 8.39. The molecule has 2 unspecified atom stereocenters. The average Bonchev–Trinajstić information content (AvgIpc) is 2.54. The fourth-order valence-corrected chi connectivity index (χ4v) is 4.02. The molecule has 4 N–H and O–H groups in total. The van der Waals surface area contributed by atoms with Crippen LogP contribution >= 0.6 is 0 Å². The molecule has 4 heteroatoms. The van der Waals surface area contributed by atoms with Crippen molar-refractivity contribution in [3.63, 3.8) is 0 Å². The van der Waals surface area contributed by atoms with Crippen LogP contribution in [0.15, 0.2) is 48.6 Å². The van der Waals surface area contributed by atoms with E-state index >= 15 is 0 Å². The summed E-state index contributed by atoms with van der Waals surface area (Å²) >= 11 is 0. The second-order valence-corrected chi connectivity index (χ2v) is 7.00. The van der Waals surface area contributed by atoms with Gasteiger partial charge in [0.05, 0.1) is 11.2 Å². The second-order valence-electron chi connectivity index (χ2n) is 7.00. The van der Waals surface area contributed by atoms with E-state index in [2.05, 4.69) is 0 Å². The van der Waals surface area contributed by atoms with Crippen molar-refractivity contribution in [2.75, 3.05) is 0 Å². The molecule has 2 aliphatic carbocycles. The van der Waals surface area contributed by atoms with Crippen molar-refractivity contribution in [3.8, 4) is 11.5 Å². The first-order chi connectivity index (χ1) is 11.9. The van der Waals surface area contributed by atoms with Crippen LogP contribution in [0.25, 0.3) is 12.2 Å². The molecule has 0 bridgehead atoms. The van der Waals surface area contributed by atoms with Gasteiger partial charge in [-0.1, -0.05) is 36.4 Å². The Morgan fingerprint density at radius 1 is 0.720 bits per heavy atom. The molecule has 0 amide bonds. The molecular formula is C21H20O4. The van der Waals surface area contributed by atoms with Crippen molar-refractivity contribution in [2.45, 2.75) is 30.5 Å². The van der Waals surface area contributed by atoms with Crippen molar-refractivity contribution < 1.29 is 20.4 Å². The maximum Gasteiger partial charge on any atom is 0.116 e. The molecule has 0 saturated heterocycles. The lowest BCUT2D eigenvalue weighted by atomic mass is 9.70. The first-order valence-corrected chi connectivity index (χ1v) is 8.35. The van der Waals surface area contributed by atoms with Gasteiger partial charge in [-0.2, -0.15) is 0 Å². The van der Waals surface area contributed by atoms with E-state index in [1.54, 1.807) is 36.4 Å². The summed E-state index contributed by atoms with van der Waals surface area (Å²) in [6, 6.07) is 9.78. The Morgan fingerprint density at radius 2 is 1.16 bits per heavy atom. The molecule has 0 spiro atoms. The molecule has 2 aliphatic rings. The van der Waals surface area contributed by atoms with Gasteiger partial charge < -0.3 is 20.4 Å². The predicted molar refractivity (Wildman–Crippen MR) is 95.9 cm³/mol. The van der Waals surface area contributed by atoms with E-state index in [-0.39, 0.29) is 17.9 Å². The van der Waals surface area contributed by atoms with Crippen LogP contribution < -0.4 is 0 Å². The molecule has 2 atom stereocenters. The molecule has 4 rings (SSSR count). The van der Waals surface area contributed by atoms with Crippen LogP contribution in [0.4, 0.5) is 0 Å². The largest absolute Gasteiger partial charge is 0.508 e. The van der Waals surface area contributed by atoms with Gasteiger partial charge in [-0.15, -0.1) is 0 Å². The van der Waals surface area contributed by atoms with Gasteiger partial charge in [0.2, 0.25) is 0 Å². The van der Waals surface area contributed by atoms with Gasteiger partial charge in [-0.3, -0.25) is 0 Å². The number of aliphatic hydroxyl groups is 2. The van der Waals surface area contributed by atoms with Crippen LogP contribution in [0.2, 0.25) is 0 Å². The fraction of sp³-hybridized carbons (Fsp3) is 0.238. The zero-order valence-electron chi connectivity index (χ0n) is 13.7. The molecule has 0 aromatic heterocycles. The van der Waals surface area contributed by atoms with E-state index in [4.69, 9.17) is 0 Å². The van der Waals surface area contributed by atoms with Crippen LogP contribution in [0.1, 0.15) is 41.5 Å². The van der Waals surface area contributed by atoms with E-state index in [1.807, 2.05) is 24.3 Å². The van der Waals surface area contributed by atoms with E-state index in [0.29, 0.717) is 24.0 Å². The van der Waals surface area contributed by atoms with Crippen LogP contribution in [0.5, 0.6) is 11.5 Å². The summed E-state index contributed by atoms with van der Waals surface area (Å²) in [5.41, 5.74) is 0.469. The molecule has 2 aromatic carbocycles. The zero-order valence-corrected chi connectivity index (χ0v) is 13.7. The van der Waals surface area contributed by atoms with Crippen LogP contribution in [0, 0.1) is 0 Å². The van der Waals surface area contributed by atoms with Gasteiger partial charge in [0.1, 0.15) is 11.5 Å². The number of phenolic OH excluding ortho intramolecular Hbond substituents is 2. The highest BCUT2D eigenvalue weighted by Crippen LogP contribution is 2.47. The normalized spacial score (nSPS) is 27.0. The molecule has 4 nitrogen and oxygen atoms in total. The molecule has 128 valence electrons. The summed E-state index contributed by atoms with van der Waals surface area (Å²) < 4.78 is 0. The quantitative estimate of drug-likeness (QED) is 0.678. The smallest absolute Gasteiger partial charge is 0.116 e. The summed E-state index contributed by atoms with van der Waals surface area (Å²) in [6.45, 7) is 0. The summed E-state index contributed by atoms with van der Waals surface area (Å²) in [5.74, 6) is 0.292. The van der Waals surface area contributed by atoms with Crippen molar-refractivity contribution in [3.05, 3.63) is 70.8 Å². The number of hydrogen-bond acceptors (Lipinski definition) is 4. The number of aromatic hydroxyl groups is 2. The van der Waals surface area contributed by atoms with Crippen molar-refractivity contribution in [2.24, 2.45) is 0 Å². The van der Waals surface area contributed by atoms with Crippen LogP contribution in [0.3, 0.4) is 0 Å². The minimum absolute atomic E-state index is 0.129. The van der Waals surface area contributed by atoms with Gasteiger partial charge in [0.15, 0.2) is 0 Å². The molecule has 0 heterocycles. The Bertz CT molecular complexity index is 825.